The van der Waals surface area contributed by atoms with Crippen LogP contribution in [0.3, 0.4) is 0 Å². The maximum absolute atomic E-state index is 14.9. The van der Waals surface area contributed by atoms with E-state index in [0.29, 0.717) is 80.6 Å². The highest BCUT2D eigenvalue weighted by molar-refractivity contribution is 7.85. The van der Waals surface area contributed by atoms with Gasteiger partial charge in [-0.15, -0.1) is 5.10 Å². The lowest BCUT2D eigenvalue weighted by Crippen LogP contribution is -2.63. The minimum atomic E-state index is -4.15. The van der Waals surface area contributed by atoms with Gasteiger partial charge in [0.1, 0.15) is 43.8 Å². The summed E-state index contributed by atoms with van der Waals surface area (Å²) in [4.78, 5) is 148. The third-order valence-electron chi connectivity index (χ3n) is 25.7. The van der Waals surface area contributed by atoms with E-state index in [4.69, 9.17) is 67.1 Å². The summed E-state index contributed by atoms with van der Waals surface area (Å²) in [7, 11) is -4.15. The molecule has 12 atom stereocenters. The van der Waals surface area contributed by atoms with Crippen molar-refractivity contribution in [3.8, 4) is 22.5 Å². The number of aromatic nitrogens is 3. The van der Waals surface area contributed by atoms with Crippen molar-refractivity contribution in [2.75, 3.05) is 155 Å². The first kappa shape index (κ1) is 108. The van der Waals surface area contributed by atoms with Gasteiger partial charge in [0.25, 0.3) is 10.1 Å². The summed E-state index contributed by atoms with van der Waals surface area (Å²) in [6.45, 7) is 13.0. The van der Waals surface area contributed by atoms with Crippen LogP contribution in [0.5, 0.6) is 0 Å². The molecule has 1 unspecified atom stereocenters. The Balaban J connectivity index is 0.534. The van der Waals surface area contributed by atoms with Crippen LogP contribution in [0.25, 0.3) is 22.5 Å². The van der Waals surface area contributed by atoms with Gasteiger partial charge in [0, 0.05) is 85.3 Å². The van der Waals surface area contributed by atoms with Crippen molar-refractivity contribution < 1.29 is 128 Å². The van der Waals surface area contributed by atoms with Crippen LogP contribution < -0.4 is 53.2 Å². The number of urea groups is 1. The van der Waals surface area contributed by atoms with Crippen molar-refractivity contribution in [1.82, 2.24) is 52.2 Å². The minimum Gasteiger partial charge on any atom is -0.445 e. The molecule has 4 aliphatic carbocycles. The number of hydrogen-bond donors (Lipinski definition) is 11. The molecule has 0 spiro atoms. The molecule has 1 saturated heterocycles. The molecule has 4 aromatic carbocycles. The molecule has 754 valence electrons. The number of ether oxygens (including phenoxy) is 12. The van der Waals surface area contributed by atoms with E-state index in [1.165, 1.54) is 0 Å². The summed E-state index contributed by atoms with van der Waals surface area (Å²) >= 11 is 0. The number of benzene rings is 4. The number of primary amides is 1. The molecular weight excluding hydrogens is 1810 g/mol. The van der Waals surface area contributed by atoms with Crippen LogP contribution in [-0.4, -0.2) is 285 Å². The number of fused-ring (bicyclic) bond motifs is 12. The summed E-state index contributed by atoms with van der Waals surface area (Å²) < 4.78 is 102. The number of ketones is 2. The molecule has 10 amide bonds. The van der Waals surface area contributed by atoms with Crippen LogP contribution in [0.4, 0.5) is 21.0 Å². The van der Waals surface area contributed by atoms with Crippen LogP contribution in [-0.2, 0) is 136 Å². The van der Waals surface area contributed by atoms with Crippen molar-refractivity contribution in [2.24, 2.45) is 40.2 Å². The maximum Gasteiger partial charge on any atom is 0.408 e. The number of nitrogens with two attached hydrogens (primary N) is 1. The molecule has 12 N–H and O–H groups in total. The third kappa shape index (κ3) is 30.6. The Kier molecular flexibility index (Phi) is 41.7. The van der Waals surface area contributed by atoms with Crippen LogP contribution in [0.15, 0.2) is 127 Å². The Labute approximate surface area is 803 Å². The summed E-state index contributed by atoms with van der Waals surface area (Å²) in [6, 6.07) is 26.4. The first-order valence-corrected chi connectivity index (χ1v) is 49.0. The number of hydrogen-bond acceptors (Lipinski definition) is 28. The van der Waals surface area contributed by atoms with Gasteiger partial charge in [-0.05, 0) is 110 Å². The highest BCUT2D eigenvalue weighted by atomic mass is 32.2. The van der Waals surface area contributed by atoms with E-state index in [2.05, 4.69) is 59.8 Å². The monoisotopic (exact) mass is 1940 g/mol. The predicted octanol–water partition coefficient (Wildman–Crippen LogP) is 5.65. The van der Waals surface area contributed by atoms with Gasteiger partial charge in [-0.1, -0.05) is 143 Å². The van der Waals surface area contributed by atoms with Gasteiger partial charge < -0.3 is 115 Å². The first-order valence-electron chi connectivity index (χ1n) is 47.3. The number of rotatable bonds is 59. The number of carbonyl (C=O) groups is 11. The Morgan fingerprint density at radius 2 is 1.27 bits per heavy atom. The largest absolute Gasteiger partial charge is 0.445 e. The summed E-state index contributed by atoms with van der Waals surface area (Å²) in [6.07, 6.45) is 6.04. The molecule has 41 heteroatoms. The number of nitrogens with one attached hydrogen (secondary N) is 8. The normalized spacial score (nSPS) is 21.2. The van der Waals surface area contributed by atoms with Gasteiger partial charge in [0.2, 0.25) is 41.4 Å². The topological polar surface area (TPSA) is 529 Å². The van der Waals surface area contributed by atoms with E-state index in [1.54, 1.807) is 84.1 Å². The lowest BCUT2D eigenvalue weighted by atomic mass is 9.46. The van der Waals surface area contributed by atoms with Crippen LogP contribution >= 0.6 is 0 Å². The Bertz CT molecular complexity index is 5090. The molecule has 6 aliphatic rings. The molecule has 11 rings (SSSR count). The molecule has 3 saturated carbocycles. The maximum atomic E-state index is 14.9. The standard InChI is InChI=1S/C97H133N13O27S/c1-6-15-85-136-80-58-74-72-28-25-68-57-70(111)31-34-95(68,4)86(72)78(112)59-96(74,5)97(80,137-85)79(113)62-134-63-102-90(118)76(56-65-16-8-7-9-17-65)105-94(122)135-61-66-23-26-69(27-24-66)103-91(119)75(21-14-35-101-93(98)121)104-92(120)87(64(2)3)106-83(116)33-40-127-44-48-131-51-53-132-49-45-128-41-36-99-81(114)29-30-84(117)109-60-67-18-10-11-19-71(67)88-89(73-20-12-13-22-77(73)109)110(108-107-88)38-42-129-46-50-133-54-52-130-47-43-126-39-32-82(115)100-37-55-138(123,124)125/h7-13,16-20,22-24,26-27,31,34,57,64,72,74-76,78,80,85-87,112H,6,14-15,21,25,28-30,32-33,35-56,58-63H2,1-5H3,(H,99,114)(H,100,115)(H,102,118)(H,103,119)(H,104,120)(H,105,122)(H,106,116)(H3,98,101,121)(H,123,124,125)/t72-,74-,75+,76+,78-,80+,85?,86+,87+,95-,96-,97+/m0/s1. The molecule has 2 aliphatic heterocycles. The zero-order valence-corrected chi connectivity index (χ0v) is 79.9. The Morgan fingerprint density at radius 3 is 1.93 bits per heavy atom. The van der Waals surface area contributed by atoms with Crippen LogP contribution in [0.1, 0.15) is 128 Å². The average Bonchev–Trinajstić information content (AvgIpc) is 1.51. The number of para-hydroxylation sites is 1. The zero-order valence-electron chi connectivity index (χ0n) is 79.1. The molecule has 5 aromatic rings. The SMILES string of the molecule is CCCC1O[C@@H]2C[C@H]3[C@@H]4CCC5=CC(=O)C=C[C@]5(C)[C@H]4[C@@H](O)C[C@]3(C)[C@]2(C(=O)COCNC(=O)[C@@H](Cc2ccccc2)NC(=O)OCc2ccc(NC(=O)[C@@H](CCCNC(N)=O)NC(=O)[C@H](NC(=O)CCOCCOCCOCCOCCNC(=O)CCC(=O)N3Cc4ccccc4-c4nnn(CCOCCOCCOCCOCCC(=O)NCCS(=O)(=O)O)c4-c4ccccc43)C(C)C)cc2)O1. The molecule has 0 bridgehead atoms. The molecular formula is C97H133N13O27S. The number of amides is 10. The fraction of sp³-hybridized carbons (Fsp3) is 0.577. The van der Waals surface area contributed by atoms with Crippen molar-refractivity contribution in [3.05, 3.63) is 144 Å². The van der Waals surface area contributed by atoms with Gasteiger partial charge in [-0.2, -0.15) is 8.42 Å². The van der Waals surface area contributed by atoms with Crippen LogP contribution in [0, 0.1) is 34.5 Å². The second-order valence-corrected chi connectivity index (χ2v) is 37.2. The predicted molar refractivity (Wildman–Crippen MR) is 502 cm³/mol. The number of aliphatic hydroxyl groups is 1. The first-order chi connectivity index (χ1) is 66.5. The molecule has 1 aromatic heterocycles. The third-order valence-corrected chi connectivity index (χ3v) is 26.4. The highest BCUT2D eigenvalue weighted by Crippen LogP contribution is 2.70. The van der Waals surface area contributed by atoms with E-state index < -0.39 is 130 Å². The summed E-state index contributed by atoms with van der Waals surface area (Å²) in [5.74, 6) is -4.89. The van der Waals surface area contributed by atoms with Crippen LogP contribution in [0.2, 0.25) is 0 Å². The van der Waals surface area contributed by atoms with Crippen molar-refractivity contribution >= 4 is 86.5 Å². The number of alkyl carbamates (subject to hydrolysis) is 1. The summed E-state index contributed by atoms with van der Waals surface area (Å²) in [5.41, 5.74) is 9.51. The van der Waals surface area contributed by atoms with Gasteiger partial charge in [0.15, 0.2) is 23.5 Å². The lowest BCUT2D eigenvalue weighted by Gasteiger charge is -2.59. The van der Waals surface area contributed by atoms with E-state index in [0.717, 1.165) is 40.7 Å². The highest BCUT2D eigenvalue weighted by Gasteiger charge is 2.76. The zero-order chi connectivity index (χ0) is 98.6. The number of aliphatic hydroxyl groups excluding tert-OH is 1. The van der Waals surface area contributed by atoms with E-state index >= 15 is 0 Å². The summed E-state index contributed by atoms with van der Waals surface area (Å²) in [5, 5.41) is 42.7. The molecule has 4 fully saturated rings. The van der Waals surface area contributed by atoms with E-state index in [1.807, 2.05) is 74.5 Å². The fourth-order valence-electron chi connectivity index (χ4n) is 18.9. The number of allylic oxidation sites excluding steroid dienone is 4. The van der Waals surface area contributed by atoms with Crippen molar-refractivity contribution in [1.29, 1.82) is 0 Å². The molecule has 40 nitrogen and oxygen atoms in total. The van der Waals surface area contributed by atoms with E-state index in [-0.39, 0.29) is 205 Å². The van der Waals surface area contributed by atoms with Gasteiger partial charge in [0.05, 0.1) is 148 Å². The Hall–Kier alpha value is -10.9. The molecule has 138 heavy (non-hydrogen) atoms. The molecule has 3 heterocycles. The van der Waals surface area contributed by atoms with Crippen molar-refractivity contribution in [3.63, 3.8) is 0 Å². The van der Waals surface area contributed by atoms with Gasteiger partial charge in [-0.3, -0.25) is 47.7 Å². The van der Waals surface area contributed by atoms with Gasteiger partial charge >= 0.3 is 12.1 Å². The van der Waals surface area contributed by atoms with Crippen molar-refractivity contribution in [2.45, 2.75) is 180 Å². The number of Topliss-reactive ketones (excluding diaryl/α,β-unsaturated/α-hetero) is 1. The second kappa shape index (κ2) is 53.5. The fourth-order valence-corrected chi connectivity index (χ4v) is 19.3. The van der Waals surface area contributed by atoms with Gasteiger partial charge in [-0.25, -0.2) is 14.3 Å². The number of carbonyl (C=O) groups excluding carboxylic acids is 11. The Morgan fingerprint density at radius 1 is 0.645 bits per heavy atom. The second-order valence-electron chi connectivity index (χ2n) is 35.6. The lowest BCUT2D eigenvalue weighted by molar-refractivity contribution is -0.201. The molecule has 0 radical (unpaired) electrons. The quantitative estimate of drug-likeness (QED) is 0.0127. The van der Waals surface area contributed by atoms with E-state index in [9.17, 15) is 66.3 Å². The average molecular weight is 1950 g/mol. The minimum absolute atomic E-state index is 0.0142. The number of nitrogens with zero attached hydrogens (tertiary/aromatic N) is 4. The number of anilines is 2. The smallest absolute Gasteiger partial charge is 0.408 e.